The van der Waals surface area contributed by atoms with Gasteiger partial charge in [-0.3, -0.25) is 9.69 Å². The predicted octanol–water partition coefficient (Wildman–Crippen LogP) is 2.46. The monoisotopic (exact) mass is 349 g/mol. The van der Waals surface area contributed by atoms with Crippen molar-refractivity contribution in [2.45, 2.75) is 24.9 Å². The van der Waals surface area contributed by atoms with Gasteiger partial charge >= 0.3 is 0 Å². The van der Waals surface area contributed by atoms with Gasteiger partial charge in [0.1, 0.15) is 10.7 Å². The van der Waals surface area contributed by atoms with E-state index < -0.39 is 0 Å². The largest absolute Gasteiger partial charge is 0.378 e. The van der Waals surface area contributed by atoms with E-state index >= 15 is 0 Å². The first-order valence-corrected chi connectivity index (χ1v) is 9.69. The van der Waals surface area contributed by atoms with Gasteiger partial charge < -0.3 is 10.1 Å². The van der Waals surface area contributed by atoms with E-state index in [9.17, 15) is 4.79 Å². The molecule has 2 aliphatic rings. The summed E-state index contributed by atoms with van der Waals surface area (Å²) in [5.41, 5.74) is 0.505. The van der Waals surface area contributed by atoms with Gasteiger partial charge in [0.15, 0.2) is 0 Å². The average Bonchev–Trinajstić information content (AvgIpc) is 3.31. The maximum Gasteiger partial charge on any atom is 0.271 e. The molecule has 7 heteroatoms. The number of nitrogens with zero attached hydrogens (tertiary/aromatic N) is 2. The molecule has 23 heavy (non-hydrogen) atoms. The van der Waals surface area contributed by atoms with Crippen molar-refractivity contribution in [1.29, 1.82) is 0 Å². The third-order valence-electron chi connectivity index (χ3n) is 4.45. The van der Waals surface area contributed by atoms with Crippen LogP contribution in [0.1, 0.15) is 23.3 Å². The maximum atomic E-state index is 12.5. The van der Waals surface area contributed by atoms with Gasteiger partial charge in [0.25, 0.3) is 5.91 Å². The van der Waals surface area contributed by atoms with Crippen LogP contribution in [0, 0.1) is 0 Å². The van der Waals surface area contributed by atoms with E-state index in [0.717, 1.165) is 23.0 Å². The molecule has 2 aromatic rings. The lowest BCUT2D eigenvalue weighted by Crippen LogP contribution is -2.50. The molecule has 5 nitrogen and oxygen atoms in total. The van der Waals surface area contributed by atoms with Crippen LogP contribution in [0.5, 0.6) is 0 Å². The number of likely N-dealkylation sites (tertiary alicyclic amines) is 1. The van der Waals surface area contributed by atoms with Crippen LogP contribution < -0.4 is 5.32 Å². The zero-order valence-electron chi connectivity index (χ0n) is 12.7. The third-order valence-corrected chi connectivity index (χ3v) is 6.33. The van der Waals surface area contributed by atoms with E-state index in [0.29, 0.717) is 24.9 Å². The van der Waals surface area contributed by atoms with Crippen LogP contribution in [-0.4, -0.2) is 54.2 Å². The number of rotatable bonds is 4. The Bertz CT molecular complexity index is 665. The molecule has 0 aliphatic carbocycles. The topological polar surface area (TPSA) is 54.5 Å². The number of carbonyl (C=O) groups is 1. The summed E-state index contributed by atoms with van der Waals surface area (Å²) < 4.78 is 5.61. The van der Waals surface area contributed by atoms with E-state index in [1.807, 2.05) is 22.9 Å². The van der Waals surface area contributed by atoms with E-state index in [4.69, 9.17) is 4.74 Å². The summed E-state index contributed by atoms with van der Waals surface area (Å²) in [7, 11) is 0. The van der Waals surface area contributed by atoms with E-state index in [1.54, 1.807) is 11.3 Å². The van der Waals surface area contributed by atoms with Crippen LogP contribution in [-0.2, 0) is 4.74 Å². The second-order valence-corrected chi connectivity index (χ2v) is 7.75. The summed E-state index contributed by atoms with van der Waals surface area (Å²) in [4.78, 5) is 20.5. The Morgan fingerprint density at radius 3 is 2.96 bits per heavy atom. The summed E-state index contributed by atoms with van der Waals surface area (Å²) in [6.45, 7) is 3.52. The minimum atomic E-state index is -0.0937. The first kappa shape index (κ1) is 15.3. The smallest absolute Gasteiger partial charge is 0.271 e. The van der Waals surface area contributed by atoms with Gasteiger partial charge in [-0.05, 0) is 37.4 Å². The van der Waals surface area contributed by atoms with E-state index in [-0.39, 0.29) is 11.9 Å². The zero-order valence-corrected chi connectivity index (χ0v) is 14.4. The molecule has 2 saturated heterocycles. The number of hydrogen-bond acceptors (Lipinski definition) is 6. The number of ether oxygens (including phenoxy) is 1. The van der Waals surface area contributed by atoms with Crippen molar-refractivity contribution in [3.63, 3.8) is 0 Å². The highest BCUT2D eigenvalue weighted by Gasteiger charge is 2.35. The maximum absolute atomic E-state index is 12.5. The number of aromatic nitrogens is 1. The van der Waals surface area contributed by atoms with Crippen molar-refractivity contribution >= 4 is 28.6 Å². The molecule has 1 amide bonds. The summed E-state index contributed by atoms with van der Waals surface area (Å²) in [5.74, 6) is -0.0937. The highest BCUT2D eigenvalue weighted by atomic mass is 32.1. The second kappa shape index (κ2) is 6.68. The van der Waals surface area contributed by atoms with Crippen LogP contribution in [0.25, 0.3) is 9.88 Å². The quantitative estimate of drug-likeness (QED) is 0.921. The van der Waals surface area contributed by atoms with Gasteiger partial charge in [-0.1, -0.05) is 6.07 Å². The molecule has 0 bridgehead atoms. The number of carbonyl (C=O) groups excluding carboxylic acids is 1. The lowest BCUT2D eigenvalue weighted by atomic mass is 10.1. The van der Waals surface area contributed by atoms with Crippen LogP contribution in [0.3, 0.4) is 0 Å². The van der Waals surface area contributed by atoms with E-state index in [2.05, 4.69) is 15.2 Å². The predicted molar refractivity (Wildman–Crippen MR) is 92.1 cm³/mol. The van der Waals surface area contributed by atoms with Crippen LogP contribution in [0.2, 0.25) is 0 Å². The van der Waals surface area contributed by atoms with Crippen molar-refractivity contribution in [2.24, 2.45) is 0 Å². The summed E-state index contributed by atoms with van der Waals surface area (Å²) >= 11 is 3.16. The molecule has 0 aromatic carbocycles. The third kappa shape index (κ3) is 3.19. The summed E-state index contributed by atoms with van der Waals surface area (Å²) in [6, 6.07) is 4.39. The Balaban J connectivity index is 1.43. The SMILES string of the molecule is O=C(N[C@@H]1COC[C@H]1N1CCCC1)c1csc(-c2cccs2)n1. The van der Waals surface area contributed by atoms with Crippen molar-refractivity contribution < 1.29 is 9.53 Å². The molecule has 4 rings (SSSR count). The fraction of sp³-hybridized carbons (Fsp3) is 0.500. The fourth-order valence-corrected chi connectivity index (χ4v) is 4.86. The molecule has 2 aliphatic heterocycles. The first-order valence-electron chi connectivity index (χ1n) is 7.93. The molecular formula is C16H19N3O2S2. The number of amides is 1. The normalized spacial score (nSPS) is 25.0. The highest BCUT2D eigenvalue weighted by molar-refractivity contribution is 7.20. The van der Waals surface area contributed by atoms with Crippen molar-refractivity contribution in [3.8, 4) is 9.88 Å². The van der Waals surface area contributed by atoms with Crippen LogP contribution in [0.15, 0.2) is 22.9 Å². The molecule has 4 heterocycles. The number of hydrogen-bond donors (Lipinski definition) is 1. The molecule has 0 radical (unpaired) electrons. The Labute approximate surface area is 143 Å². The highest BCUT2D eigenvalue weighted by Crippen LogP contribution is 2.28. The summed E-state index contributed by atoms with van der Waals surface area (Å²) in [6.07, 6.45) is 2.49. The van der Waals surface area contributed by atoms with Gasteiger partial charge in [0.2, 0.25) is 0 Å². The van der Waals surface area contributed by atoms with Gasteiger partial charge in [-0.2, -0.15) is 0 Å². The van der Waals surface area contributed by atoms with Crippen molar-refractivity contribution in [3.05, 3.63) is 28.6 Å². The van der Waals surface area contributed by atoms with Crippen LogP contribution in [0.4, 0.5) is 0 Å². The summed E-state index contributed by atoms with van der Waals surface area (Å²) in [5, 5.41) is 7.89. The van der Waals surface area contributed by atoms with Gasteiger partial charge in [-0.15, -0.1) is 22.7 Å². The fourth-order valence-electron chi connectivity index (χ4n) is 3.25. The van der Waals surface area contributed by atoms with Gasteiger partial charge in [-0.25, -0.2) is 4.98 Å². The molecule has 0 spiro atoms. The second-order valence-electron chi connectivity index (χ2n) is 5.94. The Hall–Kier alpha value is -1.28. The lowest BCUT2D eigenvalue weighted by Gasteiger charge is -2.27. The van der Waals surface area contributed by atoms with Crippen LogP contribution >= 0.6 is 22.7 Å². The van der Waals surface area contributed by atoms with Crippen molar-refractivity contribution in [1.82, 2.24) is 15.2 Å². The molecule has 2 atom stereocenters. The molecule has 2 aromatic heterocycles. The molecule has 1 N–H and O–H groups in total. The minimum Gasteiger partial charge on any atom is -0.378 e. The minimum absolute atomic E-state index is 0.0625. The number of thiophene rings is 1. The average molecular weight is 349 g/mol. The molecule has 0 unspecified atom stereocenters. The van der Waals surface area contributed by atoms with E-state index in [1.165, 1.54) is 24.2 Å². The Kier molecular flexibility index (Phi) is 4.43. The van der Waals surface area contributed by atoms with Crippen molar-refractivity contribution in [2.75, 3.05) is 26.3 Å². The molecule has 0 saturated carbocycles. The zero-order chi connectivity index (χ0) is 15.6. The standard InChI is InChI=1S/C16H19N3O2S2/c20-15(12-10-23-16(18-12)14-4-3-7-22-14)17-11-8-21-9-13(11)19-5-1-2-6-19/h3-4,7,10-11,13H,1-2,5-6,8-9H2,(H,17,20)/t11-,13-/m1/s1. The first-order chi connectivity index (χ1) is 11.3. The number of nitrogens with one attached hydrogen (secondary N) is 1. The Morgan fingerprint density at radius 1 is 1.30 bits per heavy atom. The Morgan fingerprint density at radius 2 is 2.17 bits per heavy atom. The van der Waals surface area contributed by atoms with Gasteiger partial charge in [0, 0.05) is 5.38 Å². The van der Waals surface area contributed by atoms with Gasteiger partial charge in [0.05, 0.1) is 30.2 Å². The molecule has 122 valence electrons. The molecular weight excluding hydrogens is 330 g/mol. The lowest BCUT2D eigenvalue weighted by molar-refractivity contribution is 0.0912. The molecule has 2 fully saturated rings. The number of thiazole rings is 1.